The van der Waals surface area contributed by atoms with Crippen LogP contribution in [-0.4, -0.2) is 245 Å². The van der Waals surface area contributed by atoms with E-state index < -0.39 is 23.9 Å². The Morgan fingerprint density at radius 1 is 0.549 bits per heavy atom. The summed E-state index contributed by atoms with van der Waals surface area (Å²) in [5.41, 5.74) is 5.34. The molecule has 2 unspecified atom stereocenters. The third kappa shape index (κ3) is 22.7. The number of carbonyl (C=O) groups is 8. The first-order valence-corrected chi connectivity index (χ1v) is 35.1. The molecule has 5 heterocycles. The molecule has 0 spiro atoms. The van der Waals surface area contributed by atoms with Crippen LogP contribution < -0.4 is 40.2 Å². The highest BCUT2D eigenvalue weighted by atomic mass is 16.6. The van der Waals surface area contributed by atoms with E-state index in [-0.39, 0.29) is 112 Å². The number of carbonyl (C=O) groups excluding carboxylic acids is 8. The Morgan fingerprint density at radius 3 is 1.54 bits per heavy atom. The number of likely N-dealkylation sites (tertiary alicyclic amines) is 1. The second-order valence-corrected chi connectivity index (χ2v) is 25.6. The van der Waals surface area contributed by atoms with Crippen molar-refractivity contribution in [2.24, 2.45) is 27.7 Å². The first kappa shape index (κ1) is 77.5. The summed E-state index contributed by atoms with van der Waals surface area (Å²) in [6.07, 6.45) is 11.8. The molecular formula is C73H97N9O20. The molecule has 0 bridgehead atoms. The number of nitrogens with one attached hydrogen (secondary N) is 4. The van der Waals surface area contributed by atoms with Gasteiger partial charge in [-0.2, -0.15) is 0 Å². The molecule has 1 saturated carbocycles. The zero-order chi connectivity index (χ0) is 72.3. The molecule has 1 saturated heterocycles. The maximum atomic E-state index is 14.1. The summed E-state index contributed by atoms with van der Waals surface area (Å²) in [4.78, 5) is 117. The summed E-state index contributed by atoms with van der Waals surface area (Å²) < 4.78 is 67.8. The Hall–Kier alpha value is -8.68. The molecule has 3 aromatic rings. The minimum absolute atomic E-state index is 0.0154. The van der Waals surface area contributed by atoms with E-state index in [1.165, 1.54) is 32.6 Å². The Labute approximate surface area is 594 Å². The van der Waals surface area contributed by atoms with Crippen LogP contribution in [0.2, 0.25) is 0 Å². The third-order valence-electron chi connectivity index (χ3n) is 17.6. The van der Waals surface area contributed by atoms with Crippen molar-refractivity contribution in [1.82, 2.24) is 30.7 Å². The molecule has 5 atom stereocenters. The Kier molecular flexibility index (Phi) is 30.1. The van der Waals surface area contributed by atoms with Gasteiger partial charge in [0.2, 0.25) is 35.4 Å². The first-order valence-electron chi connectivity index (χ1n) is 35.1. The van der Waals surface area contributed by atoms with E-state index in [1.807, 2.05) is 30.7 Å². The van der Waals surface area contributed by atoms with Crippen molar-refractivity contribution in [2.45, 2.75) is 103 Å². The Balaban J connectivity index is 0.567. The van der Waals surface area contributed by atoms with Gasteiger partial charge in [0.15, 0.2) is 23.0 Å². The number of fused-ring (bicyclic) bond motifs is 4. The van der Waals surface area contributed by atoms with Crippen molar-refractivity contribution in [3.05, 3.63) is 83.2 Å². The van der Waals surface area contributed by atoms with Crippen LogP contribution >= 0.6 is 0 Å². The lowest BCUT2D eigenvalue weighted by Crippen LogP contribution is -2.53. The van der Waals surface area contributed by atoms with E-state index in [0.717, 1.165) is 22.5 Å². The van der Waals surface area contributed by atoms with Gasteiger partial charge < -0.3 is 87.9 Å². The fraction of sp³-hybridized carbons (Fsp3) is 0.562. The normalized spacial score (nSPS) is 18.0. The van der Waals surface area contributed by atoms with Crippen LogP contribution in [0.15, 0.2) is 76.5 Å². The smallest absolute Gasteiger partial charge is 0.260 e. The van der Waals surface area contributed by atoms with Crippen molar-refractivity contribution in [3.8, 4) is 23.0 Å². The van der Waals surface area contributed by atoms with E-state index in [0.29, 0.717) is 169 Å². The number of imide groups is 1. The quantitative estimate of drug-likeness (QED) is 0.0386. The topological polar surface area (TPSA) is 330 Å². The number of benzene rings is 3. The minimum Gasteiger partial charge on any atom is -0.493 e. The van der Waals surface area contributed by atoms with E-state index >= 15 is 0 Å². The van der Waals surface area contributed by atoms with Crippen molar-refractivity contribution >= 4 is 82.3 Å². The van der Waals surface area contributed by atoms with Gasteiger partial charge in [-0.3, -0.25) is 53.2 Å². The zero-order valence-corrected chi connectivity index (χ0v) is 59.2. The van der Waals surface area contributed by atoms with Crippen LogP contribution in [0.25, 0.3) is 5.57 Å². The third-order valence-corrected chi connectivity index (χ3v) is 17.6. The number of methoxy groups -OCH3 is 2. The molecule has 8 amide bonds. The summed E-state index contributed by atoms with van der Waals surface area (Å²) in [6.45, 7) is 13.5. The van der Waals surface area contributed by atoms with Crippen LogP contribution in [-0.2, 0) is 66.7 Å². The predicted octanol–water partition coefficient (Wildman–Crippen LogP) is 5.76. The molecule has 0 aromatic heterocycles. The van der Waals surface area contributed by atoms with Gasteiger partial charge in [0.25, 0.3) is 11.8 Å². The number of anilines is 1. The molecule has 102 heavy (non-hydrogen) atoms. The lowest BCUT2D eigenvalue weighted by atomic mass is 10.0. The highest BCUT2D eigenvalue weighted by Crippen LogP contribution is 2.45. The number of amides is 8. The number of aliphatic imine (C=N–C) groups is 2. The second kappa shape index (κ2) is 39.7. The van der Waals surface area contributed by atoms with Crippen LogP contribution in [0, 0.1) is 17.8 Å². The molecule has 29 heteroatoms. The number of hydrogen-bond acceptors (Lipinski definition) is 22. The SMILES string of the molecule is COc1cc2c(cc1OCCCOc1cc3c(cc1OC)C(=O)N1C=C(C4CC4)C[C@H]1C=N3)N=C[C@@H]1CC(c3ccc(NC(=O)[C@H](C)NC(=O)C(NC(=O)CCOCCOCCOCCOCCOCCOCCOCCOCCNC(=O)CCN4C(=O)CC(C)C4=O)C(C)C)cc3)=CN1C2=O. The summed E-state index contributed by atoms with van der Waals surface area (Å²) in [7, 11) is 3.05. The number of rotatable bonds is 46. The molecular weight excluding hydrogens is 1320 g/mol. The van der Waals surface area contributed by atoms with Crippen LogP contribution in [0.4, 0.5) is 17.1 Å². The number of hydrogen-bond donors (Lipinski definition) is 4. The molecule has 0 radical (unpaired) electrons. The molecule has 6 aliphatic rings. The van der Waals surface area contributed by atoms with E-state index in [1.54, 1.807) is 80.1 Å². The maximum absolute atomic E-state index is 14.1. The zero-order valence-electron chi connectivity index (χ0n) is 59.2. The van der Waals surface area contributed by atoms with Gasteiger partial charge in [0.1, 0.15) is 12.1 Å². The van der Waals surface area contributed by atoms with Gasteiger partial charge in [-0.1, -0.05) is 32.9 Å². The lowest BCUT2D eigenvalue weighted by Gasteiger charge is -2.24. The summed E-state index contributed by atoms with van der Waals surface area (Å²) in [5, 5.41) is 11.1. The van der Waals surface area contributed by atoms with E-state index in [4.69, 9.17) is 66.8 Å². The number of nitrogens with zero attached hydrogens (tertiary/aromatic N) is 5. The molecule has 2 fully saturated rings. The molecule has 4 N–H and O–H groups in total. The predicted molar refractivity (Wildman–Crippen MR) is 375 cm³/mol. The van der Waals surface area contributed by atoms with Crippen molar-refractivity contribution < 1.29 is 95.2 Å². The van der Waals surface area contributed by atoms with Gasteiger partial charge >= 0.3 is 0 Å². The van der Waals surface area contributed by atoms with Gasteiger partial charge in [-0.25, -0.2) is 0 Å². The van der Waals surface area contributed by atoms with E-state index in [9.17, 15) is 38.4 Å². The molecule has 9 rings (SSSR count). The molecule has 29 nitrogen and oxygen atoms in total. The highest BCUT2D eigenvalue weighted by molar-refractivity contribution is 6.07. The molecule has 1 aliphatic carbocycles. The van der Waals surface area contributed by atoms with Gasteiger partial charge in [0.05, 0.1) is 168 Å². The van der Waals surface area contributed by atoms with Crippen LogP contribution in [0.1, 0.15) is 105 Å². The summed E-state index contributed by atoms with van der Waals surface area (Å²) >= 11 is 0. The Bertz CT molecular complexity index is 3500. The second-order valence-electron chi connectivity index (χ2n) is 25.6. The van der Waals surface area contributed by atoms with Gasteiger partial charge in [-0.15, -0.1) is 0 Å². The average Bonchev–Trinajstić information content (AvgIpc) is 1.61. The largest absolute Gasteiger partial charge is 0.493 e. The standard InChI is InChI=1S/C73H97N9O20/c1-47(2)68(79-66(84)15-20-93-22-24-95-26-28-97-30-32-99-34-35-100-33-31-98-29-27-96-25-23-94-21-16-74-65(83)14-17-80-67(85)36-48(3)71(80)88)70(87)77-49(4)69(86)78-54-12-10-51(11-13-54)53-38-56-44-76-60-42-64(62(92-6)40-58(60)73(90)82(56)46-53)102-19-7-18-101-63-41-59-57(39-61(63)91-5)72(89)81-45-52(50-8-9-50)37-55(81)43-75-59/h10-13,39-50,55-56,68H,7-9,14-38H2,1-6H3,(H,74,83)(H,77,87)(H,78,86)(H,79,84)/t48?,49-,55-,56-,68?/m0/s1. The van der Waals surface area contributed by atoms with Crippen LogP contribution in [0.3, 0.4) is 0 Å². The maximum Gasteiger partial charge on any atom is 0.260 e. The average molecular weight is 1420 g/mol. The summed E-state index contributed by atoms with van der Waals surface area (Å²) in [6, 6.07) is 11.7. The monoisotopic (exact) mass is 1420 g/mol. The number of ether oxygens (including phenoxy) is 12. The van der Waals surface area contributed by atoms with Crippen molar-refractivity contribution in [1.29, 1.82) is 0 Å². The van der Waals surface area contributed by atoms with Crippen LogP contribution in [0.5, 0.6) is 23.0 Å². The highest BCUT2D eigenvalue weighted by Gasteiger charge is 2.39. The fourth-order valence-electron chi connectivity index (χ4n) is 11.7. The van der Waals surface area contributed by atoms with Gasteiger partial charge in [0, 0.05) is 93.8 Å². The van der Waals surface area contributed by atoms with Gasteiger partial charge in [-0.05, 0) is 79.0 Å². The lowest BCUT2D eigenvalue weighted by molar-refractivity contribution is -0.139. The molecule has 3 aromatic carbocycles. The molecule has 5 aliphatic heterocycles. The minimum atomic E-state index is -0.938. The molecule has 554 valence electrons. The summed E-state index contributed by atoms with van der Waals surface area (Å²) in [5.74, 6) is -0.750. The van der Waals surface area contributed by atoms with E-state index in [2.05, 4.69) is 21.3 Å². The first-order chi connectivity index (χ1) is 49.5. The van der Waals surface area contributed by atoms with Crippen molar-refractivity contribution in [3.63, 3.8) is 0 Å². The fourth-order valence-corrected chi connectivity index (χ4v) is 11.7. The Morgan fingerprint density at radius 2 is 1.05 bits per heavy atom. The van der Waals surface area contributed by atoms with Crippen molar-refractivity contribution in [2.75, 3.05) is 152 Å².